The third-order valence-electron chi connectivity index (χ3n) is 3.21. The highest BCUT2D eigenvalue weighted by atomic mass is 35.5. The Bertz CT molecular complexity index is 378. The Morgan fingerprint density at radius 2 is 2.06 bits per heavy atom. The van der Waals surface area contributed by atoms with Gasteiger partial charge in [0.2, 0.25) is 0 Å². The van der Waals surface area contributed by atoms with Crippen LogP contribution in [0.15, 0.2) is 24.3 Å². The van der Waals surface area contributed by atoms with Gasteiger partial charge in [0, 0.05) is 24.6 Å². The van der Waals surface area contributed by atoms with Gasteiger partial charge in [-0.05, 0) is 32.5 Å². The van der Waals surface area contributed by atoms with E-state index in [9.17, 15) is 4.79 Å². The van der Waals surface area contributed by atoms with E-state index < -0.39 is 0 Å². The van der Waals surface area contributed by atoms with Gasteiger partial charge < -0.3 is 4.90 Å². The van der Waals surface area contributed by atoms with Crippen molar-refractivity contribution in [1.82, 2.24) is 4.90 Å². The summed E-state index contributed by atoms with van der Waals surface area (Å²) in [5.74, 6) is 0.116. The summed E-state index contributed by atoms with van der Waals surface area (Å²) >= 11 is 5.99. The van der Waals surface area contributed by atoms with E-state index in [2.05, 4.69) is 18.7 Å². The summed E-state index contributed by atoms with van der Waals surface area (Å²) in [4.78, 5) is 14.2. The van der Waals surface area contributed by atoms with Gasteiger partial charge in [0.25, 0.3) is 0 Å². The molecule has 1 rings (SSSR count). The Balaban J connectivity index is 2.54. The molecule has 1 unspecified atom stereocenters. The first-order valence-corrected chi connectivity index (χ1v) is 6.42. The molecule has 0 saturated carbocycles. The maximum Gasteiger partial charge on any atom is 0.165 e. The fraction of sp³-hybridized carbons (Fsp3) is 0.500. The molecule has 0 saturated heterocycles. The maximum atomic E-state index is 12.0. The van der Waals surface area contributed by atoms with Gasteiger partial charge in [-0.2, -0.15) is 0 Å². The Kier molecular flexibility index (Phi) is 5.66. The molecule has 3 heteroatoms. The summed E-state index contributed by atoms with van der Waals surface area (Å²) in [6.45, 7) is 5.09. The normalized spacial score (nSPS) is 12.8. The van der Waals surface area contributed by atoms with Crippen LogP contribution in [0.4, 0.5) is 0 Å². The van der Waals surface area contributed by atoms with Crippen molar-refractivity contribution in [1.29, 1.82) is 0 Å². The highest BCUT2D eigenvalue weighted by Crippen LogP contribution is 2.17. The highest BCUT2D eigenvalue weighted by Gasteiger charge is 2.12. The van der Waals surface area contributed by atoms with Crippen LogP contribution in [0.3, 0.4) is 0 Å². The molecule has 0 aliphatic heterocycles. The van der Waals surface area contributed by atoms with Gasteiger partial charge in [-0.3, -0.25) is 4.79 Å². The second kappa shape index (κ2) is 6.77. The Labute approximate surface area is 109 Å². The largest absolute Gasteiger partial charge is 0.303 e. The van der Waals surface area contributed by atoms with Crippen LogP contribution in [0.2, 0.25) is 5.02 Å². The molecule has 2 nitrogen and oxygen atoms in total. The number of rotatable bonds is 6. The molecule has 0 fully saturated rings. The monoisotopic (exact) mass is 253 g/mol. The molecular weight excluding hydrogens is 234 g/mol. The zero-order valence-electron chi connectivity index (χ0n) is 10.7. The van der Waals surface area contributed by atoms with Crippen molar-refractivity contribution in [3.8, 4) is 0 Å². The number of hydrogen-bond acceptors (Lipinski definition) is 2. The molecule has 0 amide bonds. The van der Waals surface area contributed by atoms with Gasteiger partial charge in [0.05, 0.1) is 5.02 Å². The van der Waals surface area contributed by atoms with Crippen LogP contribution in [-0.2, 0) is 0 Å². The lowest BCUT2D eigenvalue weighted by atomic mass is 10.1. The molecular formula is C14H20ClNO. The molecule has 1 aromatic rings. The first kappa shape index (κ1) is 14.2. The van der Waals surface area contributed by atoms with Crippen molar-refractivity contribution in [3.63, 3.8) is 0 Å². The second-order valence-corrected chi connectivity index (χ2v) is 4.80. The number of halogens is 1. The lowest BCUT2D eigenvalue weighted by molar-refractivity contribution is 0.0962. The predicted octanol–water partition coefficient (Wildman–Crippen LogP) is 3.64. The number of carbonyl (C=O) groups is 1. The molecule has 0 aliphatic carbocycles. The molecule has 0 N–H and O–H groups in total. The number of hydrogen-bond donors (Lipinski definition) is 0. The number of nitrogens with zero attached hydrogens (tertiary/aromatic N) is 1. The zero-order valence-corrected chi connectivity index (χ0v) is 11.5. The van der Waals surface area contributed by atoms with Gasteiger partial charge in [-0.25, -0.2) is 0 Å². The van der Waals surface area contributed by atoms with E-state index in [0.29, 0.717) is 23.0 Å². The average molecular weight is 254 g/mol. The third kappa shape index (κ3) is 4.14. The standard InChI is InChI=1S/C14H20ClNO/c1-4-11(2)16(3)10-9-14(17)12-7-5-6-8-13(12)15/h5-8,11H,4,9-10H2,1-3H3. The average Bonchev–Trinajstić information content (AvgIpc) is 2.35. The van der Waals surface area contributed by atoms with E-state index in [1.807, 2.05) is 19.2 Å². The van der Waals surface area contributed by atoms with Crippen LogP contribution >= 0.6 is 11.6 Å². The van der Waals surface area contributed by atoms with Crippen LogP contribution in [0, 0.1) is 0 Å². The van der Waals surface area contributed by atoms with E-state index in [4.69, 9.17) is 11.6 Å². The SMILES string of the molecule is CCC(C)N(C)CCC(=O)c1ccccc1Cl. The van der Waals surface area contributed by atoms with Crippen LogP contribution < -0.4 is 0 Å². The fourth-order valence-corrected chi connectivity index (χ4v) is 1.87. The molecule has 1 atom stereocenters. The van der Waals surface area contributed by atoms with Crippen LogP contribution in [0.1, 0.15) is 37.0 Å². The van der Waals surface area contributed by atoms with Crippen LogP contribution in [0.25, 0.3) is 0 Å². The molecule has 0 radical (unpaired) electrons. The zero-order chi connectivity index (χ0) is 12.8. The second-order valence-electron chi connectivity index (χ2n) is 4.39. The molecule has 0 bridgehead atoms. The smallest absolute Gasteiger partial charge is 0.165 e. The molecule has 0 aliphatic rings. The fourth-order valence-electron chi connectivity index (χ4n) is 1.63. The minimum Gasteiger partial charge on any atom is -0.303 e. The highest BCUT2D eigenvalue weighted by molar-refractivity contribution is 6.33. The van der Waals surface area contributed by atoms with Gasteiger partial charge in [0.15, 0.2) is 5.78 Å². The summed E-state index contributed by atoms with van der Waals surface area (Å²) in [6.07, 6.45) is 1.61. The lowest BCUT2D eigenvalue weighted by Crippen LogP contribution is -2.30. The van der Waals surface area contributed by atoms with E-state index in [1.54, 1.807) is 12.1 Å². The first-order valence-electron chi connectivity index (χ1n) is 6.04. The maximum absolute atomic E-state index is 12.0. The lowest BCUT2D eigenvalue weighted by Gasteiger charge is -2.22. The van der Waals surface area contributed by atoms with Gasteiger partial charge >= 0.3 is 0 Å². The van der Waals surface area contributed by atoms with Gasteiger partial charge in [0.1, 0.15) is 0 Å². The molecule has 1 aromatic carbocycles. The summed E-state index contributed by atoms with van der Waals surface area (Å²) in [5, 5.41) is 0.545. The molecule has 0 spiro atoms. The van der Waals surface area contributed by atoms with Crippen molar-refractivity contribution in [3.05, 3.63) is 34.9 Å². The quantitative estimate of drug-likeness (QED) is 0.722. The van der Waals surface area contributed by atoms with E-state index in [1.165, 1.54) is 0 Å². The molecule has 17 heavy (non-hydrogen) atoms. The molecule has 0 aromatic heterocycles. The summed E-state index contributed by atoms with van der Waals surface area (Å²) in [6, 6.07) is 7.73. The van der Waals surface area contributed by atoms with E-state index >= 15 is 0 Å². The Morgan fingerprint density at radius 1 is 1.41 bits per heavy atom. The van der Waals surface area contributed by atoms with Crippen LogP contribution in [0.5, 0.6) is 0 Å². The molecule has 0 heterocycles. The first-order chi connectivity index (χ1) is 8.06. The van der Waals surface area contributed by atoms with Crippen molar-refractivity contribution in [2.45, 2.75) is 32.7 Å². The van der Waals surface area contributed by atoms with E-state index in [-0.39, 0.29) is 5.78 Å². The summed E-state index contributed by atoms with van der Waals surface area (Å²) in [7, 11) is 2.05. The minimum atomic E-state index is 0.116. The Hall–Kier alpha value is -0.860. The Morgan fingerprint density at radius 3 is 2.65 bits per heavy atom. The van der Waals surface area contributed by atoms with Crippen molar-refractivity contribution >= 4 is 17.4 Å². The summed E-state index contributed by atoms with van der Waals surface area (Å²) in [5.41, 5.74) is 0.631. The van der Waals surface area contributed by atoms with E-state index in [0.717, 1.165) is 13.0 Å². The third-order valence-corrected chi connectivity index (χ3v) is 3.54. The predicted molar refractivity (Wildman–Crippen MR) is 72.8 cm³/mol. The number of carbonyl (C=O) groups excluding carboxylic acids is 1. The number of benzene rings is 1. The van der Waals surface area contributed by atoms with Crippen molar-refractivity contribution in [2.24, 2.45) is 0 Å². The van der Waals surface area contributed by atoms with Crippen molar-refractivity contribution in [2.75, 3.05) is 13.6 Å². The molecule has 94 valence electrons. The van der Waals surface area contributed by atoms with Gasteiger partial charge in [-0.1, -0.05) is 30.7 Å². The van der Waals surface area contributed by atoms with Gasteiger partial charge in [-0.15, -0.1) is 0 Å². The number of Topliss-reactive ketones (excluding diaryl/α,β-unsaturated/α-hetero) is 1. The summed E-state index contributed by atoms with van der Waals surface area (Å²) < 4.78 is 0. The van der Waals surface area contributed by atoms with Crippen molar-refractivity contribution < 1.29 is 4.79 Å². The van der Waals surface area contributed by atoms with Crippen LogP contribution in [-0.4, -0.2) is 30.3 Å². The minimum absolute atomic E-state index is 0.116. The number of ketones is 1. The topological polar surface area (TPSA) is 20.3 Å².